The standard InChI is InChI=1S/C14H13ClIO/c1-17-14-7-5-12(6-8-14)16-13-4-2-3-11(9-13)10-15/h2-9H,10H2,1H3/q+1. The van der Waals surface area contributed by atoms with Crippen LogP contribution in [-0.4, -0.2) is 7.11 Å². The average Bonchev–Trinajstić information content (AvgIpc) is 2.40. The van der Waals surface area contributed by atoms with E-state index >= 15 is 0 Å². The van der Waals surface area contributed by atoms with Crippen LogP contribution in [0.15, 0.2) is 48.5 Å². The fourth-order valence-electron chi connectivity index (χ4n) is 1.44. The van der Waals surface area contributed by atoms with E-state index in [1.54, 1.807) is 7.11 Å². The fourth-order valence-corrected chi connectivity index (χ4v) is 3.99. The minimum atomic E-state index is -0.126. The van der Waals surface area contributed by atoms with Gasteiger partial charge in [-0.1, -0.05) is 12.1 Å². The number of alkyl halides is 1. The molecule has 0 fully saturated rings. The minimum Gasteiger partial charge on any atom is -0.497 e. The van der Waals surface area contributed by atoms with Crippen LogP contribution < -0.4 is 25.9 Å². The van der Waals surface area contributed by atoms with E-state index in [9.17, 15) is 0 Å². The van der Waals surface area contributed by atoms with Crippen LogP contribution in [0.2, 0.25) is 0 Å². The summed E-state index contributed by atoms with van der Waals surface area (Å²) in [6.45, 7) is 0. The molecule has 0 amide bonds. The van der Waals surface area contributed by atoms with E-state index in [-0.39, 0.29) is 21.2 Å². The van der Waals surface area contributed by atoms with Gasteiger partial charge in [-0.25, -0.2) is 0 Å². The molecule has 0 aliphatic rings. The summed E-state index contributed by atoms with van der Waals surface area (Å²) in [4.78, 5) is 0. The summed E-state index contributed by atoms with van der Waals surface area (Å²) in [5.41, 5.74) is 1.19. The Kier molecular flexibility index (Phi) is 4.68. The Hall–Kier alpha value is -0.740. The van der Waals surface area contributed by atoms with Crippen molar-refractivity contribution >= 4 is 11.6 Å². The van der Waals surface area contributed by atoms with Gasteiger partial charge in [0.2, 0.25) is 0 Å². The van der Waals surface area contributed by atoms with E-state index in [1.807, 2.05) is 12.1 Å². The predicted molar refractivity (Wildman–Crippen MR) is 66.4 cm³/mol. The zero-order chi connectivity index (χ0) is 12.1. The van der Waals surface area contributed by atoms with Crippen LogP contribution >= 0.6 is 11.6 Å². The molecule has 2 aromatic carbocycles. The van der Waals surface area contributed by atoms with Crippen molar-refractivity contribution in [3.8, 4) is 5.75 Å². The molecular formula is C14H13ClIO+. The molecule has 0 radical (unpaired) electrons. The molecule has 0 aliphatic heterocycles. The highest BCUT2D eigenvalue weighted by Gasteiger charge is 2.15. The molecule has 0 N–H and O–H groups in total. The summed E-state index contributed by atoms with van der Waals surface area (Å²) in [6, 6.07) is 16.8. The molecule has 0 heterocycles. The third-order valence-corrected chi connectivity index (χ3v) is 5.26. The van der Waals surface area contributed by atoms with Gasteiger partial charge in [-0.05, 0) is 42.0 Å². The van der Waals surface area contributed by atoms with Crippen LogP contribution in [0.5, 0.6) is 5.75 Å². The first-order valence-electron chi connectivity index (χ1n) is 5.25. The maximum atomic E-state index is 5.84. The molecule has 0 bridgehead atoms. The van der Waals surface area contributed by atoms with Crippen molar-refractivity contribution < 1.29 is 25.9 Å². The van der Waals surface area contributed by atoms with Crippen molar-refractivity contribution in [2.75, 3.05) is 7.11 Å². The van der Waals surface area contributed by atoms with E-state index in [0.717, 1.165) is 5.75 Å². The lowest BCUT2D eigenvalue weighted by Crippen LogP contribution is -3.61. The number of methoxy groups -OCH3 is 1. The molecule has 2 rings (SSSR count). The van der Waals surface area contributed by atoms with E-state index in [4.69, 9.17) is 16.3 Å². The SMILES string of the molecule is COc1ccc([I+]c2cccc(CCl)c2)cc1. The van der Waals surface area contributed by atoms with Crippen molar-refractivity contribution in [1.82, 2.24) is 0 Å². The van der Waals surface area contributed by atoms with Gasteiger partial charge >= 0.3 is 21.2 Å². The molecule has 2 aromatic rings. The summed E-state index contributed by atoms with van der Waals surface area (Å²) in [7, 11) is 1.69. The van der Waals surface area contributed by atoms with Gasteiger partial charge in [-0.3, -0.25) is 0 Å². The number of ether oxygens (including phenoxy) is 1. The lowest BCUT2D eigenvalue weighted by Gasteiger charge is -1.96. The monoisotopic (exact) mass is 359 g/mol. The topological polar surface area (TPSA) is 9.23 Å². The van der Waals surface area contributed by atoms with Crippen molar-refractivity contribution in [2.45, 2.75) is 5.88 Å². The molecule has 0 unspecified atom stereocenters. The van der Waals surface area contributed by atoms with Crippen molar-refractivity contribution in [2.24, 2.45) is 0 Å². The summed E-state index contributed by atoms with van der Waals surface area (Å²) >= 11 is 5.71. The Balaban J connectivity index is 2.13. The lowest BCUT2D eigenvalue weighted by molar-refractivity contribution is -0.597. The molecule has 0 saturated heterocycles. The molecule has 0 spiro atoms. The summed E-state index contributed by atoms with van der Waals surface area (Å²) in [5, 5.41) is 0. The van der Waals surface area contributed by atoms with E-state index in [0.29, 0.717) is 5.88 Å². The van der Waals surface area contributed by atoms with Crippen LogP contribution in [0.1, 0.15) is 5.56 Å². The molecule has 3 heteroatoms. The second-order valence-electron chi connectivity index (χ2n) is 3.52. The minimum absolute atomic E-state index is 0.126. The largest absolute Gasteiger partial charge is 0.497 e. The number of halogens is 2. The smallest absolute Gasteiger partial charge is 0.357 e. The molecule has 0 saturated carbocycles. The van der Waals surface area contributed by atoms with Crippen LogP contribution in [0.4, 0.5) is 0 Å². The second kappa shape index (κ2) is 6.26. The highest BCUT2D eigenvalue weighted by Crippen LogP contribution is 2.06. The van der Waals surface area contributed by atoms with Crippen LogP contribution in [0.25, 0.3) is 0 Å². The zero-order valence-electron chi connectivity index (χ0n) is 9.49. The van der Waals surface area contributed by atoms with E-state index in [1.165, 1.54) is 12.7 Å². The normalized spacial score (nSPS) is 10.2. The van der Waals surface area contributed by atoms with Gasteiger partial charge in [-0.15, -0.1) is 11.6 Å². The quantitative estimate of drug-likeness (QED) is 0.573. The predicted octanol–water partition coefficient (Wildman–Crippen LogP) is 0.562. The Bertz CT molecular complexity index is 482. The van der Waals surface area contributed by atoms with Gasteiger partial charge in [0.25, 0.3) is 0 Å². The highest BCUT2D eigenvalue weighted by atomic mass is 127. The summed E-state index contributed by atoms with van der Waals surface area (Å²) in [6.07, 6.45) is 0. The van der Waals surface area contributed by atoms with Crippen LogP contribution in [0, 0.1) is 7.14 Å². The Morgan fingerprint density at radius 1 is 1.06 bits per heavy atom. The van der Waals surface area contributed by atoms with Crippen molar-refractivity contribution in [1.29, 1.82) is 0 Å². The van der Waals surface area contributed by atoms with Crippen LogP contribution in [0.3, 0.4) is 0 Å². The molecule has 1 nitrogen and oxygen atoms in total. The first-order chi connectivity index (χ1) is 8.31. The number of benzene rings is 2. The third kappa shape index (κ3) is 3.61. The van der Waals surface area contributed by atoms with Gasteiger partial charge in [0, 0.05) is 5.88 Å². The van der Waals surface area contributed by atoms with Gasteiger partial charge in [0.05, 0.1) is 7.11 Å². The molecular weight excluding hydrogens is 347 g/mol. The second-order valence-corrected chi connectivity index (χ2v) is 6.81. The Labute approximate surface area is 117 Å². The maximum absolute atomic E-state index is 5.84. The van der Waals surface area contributed by atoms with Crippen molar-refractivity contribution in [3.05, 3.63) is 61.2 Å². The van der Waals surface area contributed by atoms with Gasteiger partial charge < -0.3 is 4.74 Å². The lowest BCUT2D eigenvalue weighted by atomic mass is 10.2. The fraction of sp³-hybridized carbons (Fsp3) is 0.143. The third-order valence-electron chi connectivity index (χ3n) is 2.31. The van der Waals surface area contributed by atoms with Gasteiger partial charge in [0.15, 0.2) is 7.14 Å². The average molecular weight is 360 g/mol. The highest BCUT2D eigenvalue weighted by molar-refractivity contribution is 6.17. The van der Waals surface area contributed by atoms with E-state index < -0.39 is 0 Å². The van der Waals surface area contributed by atoms with Gasteiger partial charge in [-0.2, -0.15) is 0 Å². The molecule has 0 aromatic heterocycles. The maximum Gasteiger partial charge on any atom is 0.357 e. The number of hydrogen-bond donors (Lipinski definition) is 0. The summed E-state index contributed by atoms with van der Waals surface area (Å²) < 4.78 is 7.93. The zero-order valence-corrected chi connectivity index (χ0v) is 12.4. The van der Waals surface area contributed by atoms with Crippen LogP contribution in [-0.2, 0) is 5.88 Å². The molecule has 0 atom stereocenters. The Morgan fingerprint density at radius 2 is 1.82 bits per heavy atom. The molecule has 88 valence electrons. The molecule has 0 aliphatic carbocycles. The Morgan fingerprint density at radius 3 is 2.47 bits per heavy atom. The van der Waals surface area contributed by atoms with Gasteiger partial charge in [0.1, 0.15) is 5.75 Å². The van der Waals surface area contributed by atoms with Crippen molar-refractivity contribution in [3.63, 3.8) is 0 Å². The first-order valence-corrected chi connectivity index (χ1v) is 7.95. The first kappa shape index (κ1) is 12.7. The molecule has 17 heavy (non-hydrogen) atoms. The van der Waals surface area contributed by atoms with E-state index in [2.05, 4.69) is 36.4 Å². The number of rotatable bonds is 4. The number of hydrogen-bond acceptors (Lipinski definition) is 1. The summed E-state index contributed by atoms with van der Waals surface area (Å²) in [5.74, 6) is 1.49.